The van der Waals surface area contributed by atoms with Crippen LogP contribution < -0.4 is 14.8 Å². The van der Waals surface area contributed by atoms with Gasteiger partial charge in [-0.05, 0) is 24.1 Å². The molecular formula is C21H29IN4O3. The van der Waals surface area contributed by atoms with Crippen LogP contribution in [0.5, 0.6) is 17.4 Å². The largest absolute Gasteiger partial charge is 0.497 e. The number of methoxy groups -OCH3 is 1. The number of aromatic nitrogens is 1. The van der Waals surface area contributed by atoms with Gasteiger partial charge in [0.2, 0.25) is 5.88 Å². The van der Waals surface area contributed by atoms with E-state index in [2.05, 4.69) is 27.2 Å². The van der Waals surface area contributed by atoms with Crippen molar-refractivity contribution in [2.75, 3.05) is 41.0 Å². The Hall–Kier alpha value is -2.07. The van der Waals surface area contributed by atoms with Gasteiger partial charge in [0.05, 0.1) is 13.7 Å². The lowest BCUT2D eigenvalue weighted by Crippen LogP contribution is -2.41. The number of guanidine groups is 1. The first kappa shape index (κ1) is 23.2. The van der Waals surface area contributed by atoms with Crippen LogP contribution in [0.4, 0.5) is 0 Å². The van der Waals surface area contributed by atoms with Gasteiger partial charge in [-0.3, -0.25) is 4.99 Å². The lowest BCUT2D eigenvalue weighted by atomic mass is 10.1. The third kappa shape index (κ3) is 7.04. The highest BCUT2D eigenvalue weighted by molar-refractivity contribution is 14.0. The van der Waals surface area contributed by atoms with Crippen molar-refractivity contribution in [2.45, 2.75) is 13.0 Å². The highest BCUT2D eigenvalue weighted by Crippen LogP contribution is 2.23. The molecule has 1 saturated heterocycles. The molecule has 1 N–H and O–H groups in total. The molecule has 3 rings (SSSR count). The number of rotatable bonds is 7. The van der Waals surface area contributed by atoms with E-state index < -0.39 is 0 Å². The summed E-state index contributed by atoms with van der Waals surface area (Å²) in [6, 6.07) is 11.3. The maximum absolute atomic E-state index is 5.78. The van der Waals surface area contributed by atoms with Crippen LogP contribution in [0.3, 0.4) is 0 Å². The normalized spacial score (nSPS) is 16.1. The van der Waals surface area contributed by atoms with Crippen molar-refractivity contribution in [2.24, 2.45) is 10.9 Å². The van der Waals surface area contributed by atoms with Crippen LogP contribution in [0.1, 0.15) is 12.0 Å². The van der Waals surface area contributed by atoms with Crippen molar-refractivity contribution in [1.82, 2.24) is 15.2 Å². The van der Waals surface area contributed by atoms with E-state index in [9.17, 15) is 0 Å². The Bertz CT molecular complexity index is 780. The van der Waals surface area contributed by atoms with Crippen LogP contribution in [0, 0.1) is 5.92 Å². The Morgan fingerprint density at radius 2 is 2.14 bits per heavy atom. The summed E-state index contributed by atoms with van der Waals surface area (Å²) >= 11 is 0. The Labute approximate surface area is 189 Å². The molecule has 1 unspecified atom stereocenters. The Kier molecular flexibility index (Phi) is 9.46. The predicted octanol–water partition coefficient (Wildman–Crippen LogP) is 3.54. The number of nitrogens with one attached hydrogen (secondary N) is 1. The Balaban J connectivity index is 0.00000300. The maximum atomic E-state index is 5.78. The second kappa shape index (κ2) is 11.8. The van der Waals surface area contributed by atoms with Crippen molar-refractivity contribution in [3.8, 4) is 17.4 Å². The molecule has 2 aromatic rings. The van der Waals surface area contributed by atoms with E-state index in [-0.39, 0.29) is 24.0 Å². The first-order chi connectivity index (χ1) is 13.7. The number of aliphatic imine (C=N–C) groups is 1. The van der Waals surface area contributed by atoms with Crippen LogP contribution in [-0.4, -0.2) is 56.8 Å². The summed E-state index contributed by atoms with van der Waals surface area (Å²) in [6.07, 6.45) is 2.92. The molecule has 0 saturated carbocycles. The molecule has 0 amide bonds. The highest BCUT2D eigenvalue weighted by atomic mass is 127. The van der Waals surface area contributed by atoms with Crippen LogP contribution >= 0.6 is 24.0 Å². The molecule has 0 bridgehead atoms. The fourth-order valence-electron chi connectivity index (χ4n) is 3.13. The Morgan fingerprint density at radius 1 is 1.31 bits per heavy atom. The SMILES string of the molecule is CN=C(NCc1ccc(Oc2cccc(OC)c2)nc1)N(C)CC1CCOC1.I. The van der Waals surface area contributed by atoms with Gasteiger partial charge in [-0.2, -0.15) is 0 Å². The molecule has 1 aliphatic rings. The zero-order chi connectivity index (χ0) is 19.8. The first-order valence-corrected chi connectivity index (χ1v) is 9.44. The highest BCUT2D eigenvalue weighted by Gasteiger charge is 2.19. The summed E-state index contributed by atoms with van der Waals surface area (Å²) in [7, 11) is 5.48. The first-order valence-electron chi connectivity index (χ1n) is 9.44. The van der Waals surface area contributed by atoms with Crippen LogP contribution in [0.2, 0.25) is 0 Å². The van der Waals surface area contributed by atoms with Gasteiger partial charge in [0.25, 0.3) is 0 Å². The van der Waals surface area contributed by atoms with Gasteiger partial charge in [-0.15, -0.1) is 24.0 Å². The summed E-state index contributed by atoms with van der Waals surface area (Å²) in [6.45, 7) is 3.27. The number of hydrogen-bond acceptors (Lipinski definition) is 5. The van der Waals surface area contributed by atoms with Gasteiger partial charge in [-0.25, -0.2) is 4.98 Å². The smallest absolute Gasteiger partial charge is 0.219 e. The molecule has 0 aliphatic carbocycles. The van der Waals surface area contributed by atoms with Crippen molar-refractivity contribution in [3.63, 3.8) is 0 Å². The van der Waals surface area contributed by atoms with E-state index in [1.54, 1.807) is 20.4 Å². The van der Waals surface area contributed by atoms with Crippen molar-refractivity contribution in [1.29, 1.82) is 0 Å². The Morgan fingerprint density at radius 3 is 2.79 bits per heavy atom. The molecular weight excluding hydrogens is 483 g/mol. The number of halogens is 1. The summed E-state index contributed by atoms with van der Waals surface area (Å²) < 4.78 is 16.4. The van der Waals surface area contributed by atoms with Crippen molar-refractivity contribution < 1.29 is 14.2 Å². The number of nitrogens with zero attached hydrogens (tertiary/aromatic N) is 3. The van der Waals surface area contributed by atoms with Gasteiger partial charge >= 0.3 is 0 Å². The quantitative estimate of drug-likeness (QED) is 0.348. The average Bonchev–Trinajstić information content (AvgIpc) is 3.23. The monoisotopic (exact) mass is 512 g/mol. The van der Waals surface area contributed by atoms with E-state index in [1.807, 2.05) is 36.4 Å². The summed E-state index contributed by atoms with van der Waals surface area (Å²) in [5.41, 5.74) is 1.05. The second-order valence-electron chi connectivity index (χ2n) is 6.80. The molecule has 8 heteroatoms. The average molecular weight is 512 g/mol. The molecule has 158 valence electrons. The van der Waals surface area contributed by atoms with Gasteiger partial charge in [0.1, 0.15) is 11.5 Å². The minimum atomic E-state index is 0. The molecule has 1 atom stereocenters. The summed E-state index contributed by atoms with van der Waals surface area (Å²) in [5, 5.41) is 3.38. The van der Waals surface area contributed by atoms with Crippen LogP contribution in [0.25, 0.3) is 0 Å². The fourth-order valence-corrected chi connectivity index (χ4v) is 3.13. The van der Waals surface area contributed by atoms with E-state index in [4.69, 9.17) is 14.2 Å². The topological polar surface area (TPSA) is 68.2 Å². The number of ether oxygens (including phenoxy) is 3. The summed E-state index contributed by atoms with van der Waals surface area (Å²) in [4.78, 5) is 10.9. The molecule has 29 heavy (non-hydrogen) atoms. The van der Waals surface area contributed by atoms with Gasteiger partial charge in [-0.1, -0.05) is 12.1 Å². The fraction of sp³-hybridized carbons (Fsp3) is 0.429. The lowest BCUT2D eigenvalue weighted by molar-refractivity contribution is 0.181. The number of pyridine rings is 1. The van der Waals surface area contributed by atoms with Gasteiger partial charge < -0.3 is 24.4 Å². The third-order valence-corrected chi connectivity index (χ3v) is 4.64. The van der Waals surface area contributed by atoms with Crippen LogP contribution in [0.15, 0.2) is 47.6 Å². The lowest BCUT2D eigenvalue weighted by Gasteiger charge is -2.24. The van der Waals surface area contributed by atoms with Gasteiger partial charge in [0.15, 0.2) is 5.96 Å². The van der Waals surface area contributed by atoms with E-state index >= 15 is 0 Å². The second-order valence-corrected chi connectivity index (χ2v) is 6.80. The minimum Gasteiger partial charge on any atom is -0.497 e. The molecule has 1 aliphatic heterocycles. The van der Waals surface area contributed by atoms with Crippen molar-refractivity contribution in [3.05, 3.63) is 48.2 Å². The number of hydrogen-bond donors (Lipinski definition) is 1. The van der Waals surface area contributed by atoms with E-state index in [0.29, 0.717) is 24.1 Å². The molecule has 2 heterocycles. The molecule has 0 radical (unpaired) electrons. The van der Waals surface area contributed by atoms with E-state index in [1.165, 1.54) is 0 Å². The van der Waals surface area contributed by atoms with Crippen LogP contribution in [-0.2, 0) is 11.3 Å². The maximum Gasteiger partial charge on any atom is 0.219 e. The third-order valence-electron chi connectivity index (χ3n) is 4.64. The summed E-state index contributed by atoms with van der Waals surface area (Å²) in [5.74, 6) is 3.41. The zero-order valence-corrected chi connectivity index (χ0v) is 19.5. The minimum absolute atomic E-state index is 0. The standard InChI is InChI=1S/C21H28N4O3.HI/c1-22-21(25(2)14-17-9-10-27-15-17)24-13-16-7-8-20(23-12-16)28-19-6-4-5-18(11-19)26-3;/h4-8,11-12,17H,9-10,13-15H2,1-3H3,(H,22,24);1H. The van der Waals surface area contributed by atoms with Gasteiger partial charge in [0, 0.05) is 58.0 Å². The van der Waals surface area contributed by atoms with E-state index in [0.717, 1.165) is 43.5 Å². The zero-order valence-electron chi connectivity index (χ0n) is 17.1. The van der Waals surface area contributed by atoms with Crippen molar-refractivity contribution >= 4 is 29.9 Å². The molecule has 1 aromatic heterocycles. The molecule has 7 nitrogen and oxygen atoms in total. The molecule has 1 aromatic carbocycles. The molecule has 0 spiro atoms. The predicted molar refractivity (Wildman–Crippen MR) is 124 cm³/mol. The number of benzene rings is 1. The molecule has 1 fully saturated rings.